The third kappa shape index (κ3) is 2.92. The van der Waals surface area contributed by atoms with E-state index in [2.05, 4.69) is 86.7 Å². The fourth-order valence-corrected chi connectivity index (χ4v) is 4.56. The average Bonchev–Trinajstić information content (AvgIpc) is 3.12. The summed E-state index contributed by atoms with van der Waals surface area (Å²) in [4.78, 5) is 5.06. The molecule has 1 unspecified atom stereocenters. The summed E-state index contributed by atoms with van der Waals surface area (Å²) in [7, 11) is 1.72. The van der Waals surface area contributed by atoms with Gasteiger partial charge in [0.1, 0.15) is 5.75 Å². The van der Waals surface area contributed by atoms with Gasteiger partial charge in [-0.3, -0.25) is 4.99 Å². The summed E-state index contributed by atoms with van der Waals surface area (Å²) in [6, 6.07) is 25.6. The molecular formula is C27H23NO. The number of methoxy groups -OCH3 is 1. The van der Waals surface area contributed by atoms with Gasteiger partial charge in [-0.15, -0.1) is 0 Å². The van der Waals surface area contributed by atoms with Gasteiger partial charge in [0.05, 0.1) is 18.7 Å². The Bertz CT molecular complexity index is 1200. The first-order valence-electron chi connectivity index (χ1n) is 9.97. The van der Waals surface area contributed by atoms with E-state index in [0.717, 1.165) is 17.2 Å². The third-order valence-electron chi connectivity index (χ3n) is 5.91. The van der Waals surface area contributed by atoms with Gasteiger partial charge in [0.25, 0.3) is 0 Å². The molecule has 1 heterocycles. The van der Waals surface area contributed by atoms with Gasteiger partial charge in [-0.05, 0) is 71.0 Å². The second-order valence-electron chi connectivity index (χ2n) is 7.70. The Kier molecular flexibility index (Phi) is 4.21. The Labute approximate surface area is 171 Å². The van der Waals surface area contributed by atoms with E-state index in [1.807, 2.05) is 6.07 Å². The molecule has 0 saturated heterocycles. The molecule has 2 nitrogen and oxygen atoms in total. The molecule has 0 N–H and O–H groups in total. The zero-order valence-corrected chi connectivity index (χ0v) is 16.9. The van der Waals surface area contributed by atoms with E-state index >= 15 is 0 Å². The quantitative estimate of drug-likeness (QED) is 0.501. The highest BCUT2D eigenvalue weighted by Gasteiger charge is 2.35. The Morgan fingerprint density at radius 2 is 1.55 bits per heavy atom. The standard InChI is InChI=1S/C27H23NO/c1-17-14-21-12-13-23(29-3)16-24(21)26-25(17)18(2)28-27(26)22-11-7-10-20(15-22)19-8-5-4-6-9-19/h4-16,26H,1-3H3. The smallest absolute Gasteiger partial charge is 0.119 e. The van der Waals surface area contributed by atoms with E-state index in [4.69, 9.17) is 9.73 Å². The van der Waals surface area contributed by atoms with Crippen molar-refractivity contribution < 1.29 is 4.74 Å². The van der Waals surface area contributed by atoms with Crippen molar-refractivity contribution in [2.45, 2.75) is 19.8 Å². The molecule has 3 aromatic rings. The molecule has 5 rings (SSSR count). The molecule has 0 saturated carbocycles. The van der Waals surface area contributed by atoms with Crippen LogP contribution in [0.25, 0.3) is 17.2 Å². The van der Waals surface area contributed by atoms with E-state index < -0.39 is 0 Å². The number of allylic oxidation sites excluding steroid dienone is 3. The molecule has 2 heteroatoms. The van der Waals surface area contributed by atoms with Gasteiger partial charge in [-0.25, -0.2) is 0 Å². The number of hydrogen-bond acceptors (Lipinski definition) is 2. The zero-order chi connectivity index (χ0) is 20.0. The van der Waals surface area contributed by atoms with Gasteiger partial charge < -0.3 is 4.74 Å². The lowest BCUT2D eigenvalue weighted by molar-refractivity contribution is 0.414. The van der Waals surface area contributed by atoms with Crippen LogP contribution in [0.15, 0.2) is 94.6 Å². The lowest BCUT2D eigenvalue weighted by Gasteiger charge is -2.26. The molecule has 0 amide bonds. The van der Waals surface area contributed by atoms with Crippen molar-refractivity contribution >= 4 is 11.8 Å². The number of fused-ring (bicyclic) bond motifs is 3. The molecule has 2 aliphatic rings. The van der Waals surface area contributed by atoms with E-state index in [1.165, 1.54) is 39.0 Å². The second-order valence-corrected chi connectivity index (χ2v) is 7.70. The van der Waals surface area contributed by atoms with Crippen molar-refractivity contribution in [2.75, 3.05) is 7.11 Å². The monoisotopic (exact) mass is 377 g/mol. The molecule has 142 valence electrons. The number of nitrogens with zero attached hydrogens (tertiary/aromatic N) is 1. The van der Waals surface area contributed by atoms with E-state index in [9.17, 15) is 0 Å². The van der Waals surface area contributed by atoms with Crippen LogP contribution >= 0.6 is 0 Å². The summed E-state index contributed by atoms with van der Waals surface area (Å²) in [5.74, 6) is 1.04. The Morgan fingerprint density at radius 1 is 0.793 bits per heavy atom. The lowest BCUT2D eigenvalue weighted by Crippen LogP contribution is -2.17. The molecule has 1 aliphatic heterocycles. The molecule has 0 bridgehead atoms. The van der Waals surface area contributed by atoms with Crippen molar-refractivity contribution in [3.63, 3.8) is 0 Å². The highest BCUT2D eigenvalue weighted by Crippen LogP contribution is 2.46. The van der Waals surface area contributed by atoms with Crippen LogP contribution in [0.5, 0.6) is 5.75 Å². The summed E-state index contributed by atoms with van der Waals surface area (Å²) in [5, 5.41) is 0. The highest BCUT2D eigenvalue weighted by molar-refractivity contribution is 6.11. The van der Waals surface area contributed by atoms with Crippen LogP contribution in [-0.2, 0) is 0 Å². The first-order chi connectivity index (χ1) is 14.2. The van der Waals surface area contributed by atoms with Gasteiger partial charge in [-0.1, -0.05) is 60.7 Å². The van der Waals surface area contributed by atoms with Crippen molar-refractivity contribution in [3.8, 4) is 16.9 Å². The molecule has 1 aliphatic carbocycles. The molecule has 0 fully saturated rings. The van der Waals surface area contributed by atoms with Crippen LogP contribution in [0.3, 0.4) is 0 Å². The fourth-order valence-electron chi connectivity index (χ4n) is 4.56. The van der Waals surface area contributed by atoms with Crippen molar-refractivity contribution in [3.05, 3.63) is 106 Å². The van der Waals surface area contributed by atoms with Crippen molar-refractivity contribution in [1.82, 2.24) is 0 Å². The summed E-state index contributed by atoms with van der Waals surface area (Å²) >= 11 is 0. The third-order valence-corrected chi connectivity index (χ3v) is 5.91. The fraction of sp³-hybridized carbons (Fsp3) is 0.148. The number of ether oxygens (including phenoxy) is 1. The van der Waals surface area contributed by atoms with Crippen LogP contribution in [0.1, 0.15) is 36.5 Å². The van der Waals surface area contributed by atoms with Gasteiger partial charge in [0.15, 0.2) is 0 Å². The van der Waals surface area contributed by atoms with E-state index in [0.29, 0.717) is 0 Å². The number of benzene rings is 3. The Morgan fingerprint density at radius 3 is 2.34 bits per heavy atom. The average molecular weight is 377 g/mol. The highest BCUT2D eigenvalue weighted by atomic mass is 16.5. The molecule has 0 radical (unpaired) electrons. The van der Waals surface area contributed by atoms with E-state index in [1.54, 1.807) is 7.11 Å². The molecule has 1 atom stereocenters. The Balaban J connectivity index is 1.64. The normalized spacial score (nSPS) is 17.4. The van der Waals surface area contributed by atoms with Crippen LogP contribution in [-0.4, -0.2) is 12.8 Å². The number of hydrogen-bond donors (Lipinski definition) is 0. The SMILES string of the molecule is COc1ccc2c(c1)C1C(c3cccc(-c4ccccc4)c3)=NC(C)=C1C(C)=C2. The van der Waals surface area contributed by atoms with Crippen LogP contribution < -0.4 is 4.74 Å². The largest absolute Gasteiger partial charge is 0.497 e. The van der Waals surface area contributed by atoms with Gasteiger partial charge in [0, 0.05) is 5.70 Å². The number of rotatable bonds is 3. The summed E-state index contributed by atoms with van der Waals surface area (Å²) in [6.07, 6.45) is 2.27. The van der Waals surface area contributed by atoms with Gasteiger partial charge in [0.2, 0.25) is 0 Å². The molecule has 3 aromatic carbocycles. The first-order valence-corrected chi connectivity index (χ1v) is 9.97. The predicted molar refractivity (Wildman–Crippen MR) is 121 cm³/mol. The maximum absolute atomic E-state index is 5.52. The zero-order valence-electron chi connectivity index (χ0n) is 16.9. The molecule has 0 spiro atoms. The second kappa shape index (κ2) is 6.89. The van der Waals surface area contributed by atoms with Gasteiger partial charge >= 0.3 is 0 Å². The maximum atomic E-state index is 5.52. The predicted octanol–water partition coefficient (Wildman–Crippen LogP) is 6.64. The summed E-state index contributed by atoms with van der Waals surface area (Å²) in [6.45, 7) is 4.32. The maximum Gasteiger partial charge on any atom is 0.119 e. The molecule has 0 aromatic heterocycles. The Hall–Kier alpha value is -3.39. The number of aliphatic imine (C=N–C) groups is 1. The first kappa shape index (κ1) is 17.7. The van der Waals surface area contributed by atoms with Gasteiger partial charge in [-0.2, -0.15) is 0 Å². The van der Waals surface area contributed by atoms with Crippen LogP contribution in [0, 0.1) is 0 Å². The van der Waals surface area contributed by atoms with Crippen molar-refractivity contribution in [2.24, 2.45) is 4.99 Å². The van der Waals surface area contributed by atoms with Crippen LogP contribution in [0.4, 0.5) is 0 Å². The minimum atomic E-state index is 0.149. The lowest BCUT2D eigenvalue weighted by atomic mass is 9.76. The molecule has 29 heavy (non-hydrogen) atoms. The minimum absolute atomic E-state index is 0.149. The molecular weight excluding hydrogens is 354 g/mol. The van der Waals surface area contributed by atoms with Crippen LogP contribution in [0.2, 0.25) is 0 Å². The minimum Gasteiger partial charge on any atom is -0.497 e. The topological polar surface area (TPSA) is 21.6 Å². The van der Waals surface area contributed by atoms with E-state index in [-0.39, 0.29) is 5.92 Å². The summed E-state index contributed by atoms with van der Waals surface area (Å²) in [5.41, 5.74) is 11.0. The summed E-state index contributed by atoms with van der Waals surface area (Å²) < 4.78 is 5.52. The van der Waals surface area contributed by atoms with Crippen molar-refractivity contribution in [1.29, 1.82) is 0 Å².